The van der Waals surface area contributed by atoms with Gasteiger partial charge in [-0.15, -0.1) is 0 Å². The summed E-state index contributed by atoms with van der Waals surface area (Å²) < 4.78 is 20.8. The van der Waals surface area contributed by atoms with Crippen LogP contribution in [0.3, 0.4) is 0 Å². The monoisotopic (exact) mass is 374 g/mol. The standard InChI is InChI=1S/C18H17FN2O4.C2H6/c1-10-3-4-13(12(19)7-10)20-14-8-15(23)21(2)18-16(14)17(24)11(5-6-22)9-25-18;1-2/h3-4,7-9,20,22H,5-6H2,1-2H3;1-2H3. The van der Waals surface area contributed by atoms with Gasteiger partial charge in [-0.05, 0) is 24.6 Å². The van der Waals surface area contributed by atoms with Crippen LogP contribution in [0.2, 0.25) is 0 Å². The maximum absolute atomic E-state index is 14.1. The lowest BCUT2D eigenvalue weighted by molar-refractivity contribution is 0.298. The van der Waals surface area contributed by atoms with Crippen LogP contribution in [-0.2, 0) is 13.5 Å². The normalized spacial score (nSPS) is 10.4. The van der Waals surface area contributed by atoms with Crippen LogP contribution in [0.1, 0.15) is 25.0 Å². The summed E-state index contributed by atoms with van der Waals surface area (Å²) in [5, 5.41) is 12.0. The van der Waals surface area contributed by atoms with Gasteiger partial charge in [-0.25, -0.2) is 4.39 Å². The van der Waals surface area contributed by atoms with Crippen LogP contribution in [0.4, 0.5) is 15.8 Å². The highest BCUT2D eigenvalue weighted by Crippen LogP contribution is 2.25. The fraction of sp³-hybridized carbons (Fsp3) is 0.300. The molecule has 3 aromatic rings. The smallest absolute Gasteiger partial charge is 0.255 e. The molecule has 2 heterocycles. The largest absolute Gasteiger partial charge is 0.447 e. The molecule has 0 aliphatic heterocycles. The fourth-order valence-corrected chi connectivity index (χ4v) is 2.63. The predicted molar refractivity (Wildman–Crippen MR) is 104 cm³/mol. The average Bonchev–Trinajstić information content (AvgIpc) is 2.65. The highest BCUT2D eigenvalue weighted by Gasteiger charge is 2.16. The van der Waals surface area contributed by atoms with Crippen molar-refractivity contribution in [2.45, 2.75) is 27.2 Å². The van der Waals surface area contributed by atoms with Gasteiger partial charge in [-0.3, -0.25) is 14.2 Å². The SMILES string of the molecule is CC.Cc1ccc(Nc2cc(=O)n(C)c3occ(CCO)c(=O)c23)c(F)c1. The van der Waals surface area contributed by atoms with E-state index in [-0.39, 0.29) is 46.5 Å². The molecule has 27 heavy (non-hydrogen) atoms. The number of hydrogen-bond acceptors (Lipinski definition) is 5. The summed E-state index contributed by atoms with van der Waals surface area (Å²) in [5.41, 5.74) is 0.639. The number of aliphatic hydroxyl groups excluding tert-OH is 1. The molecule has 0 aliphatic carbocycles. The van der Waals surface area contributed by atoms with Crippen LogP contribution in [0, 0.1) is 12.7 Å². The minimum absolute atomic E-state index is 0.0780. The van der Waals surface area contributed by atoms with Crippen molar-refractivity contribution in [2.24, 2.45) is 7.05 Å². The molecule has 2 N–H and O–H groups in total. The zero-order chi connectivity index (χ0) is 20.1. The highest BCUT2D eigenvalue weighted by molar-refractivity contribution is 5.90. The molecule has 0 unspecified atom stereocenters. The minimum Gasteiger partial charge on any atom is -0.447 e. The Morgan fingerprint density at radius 1 is 1.19 bits per heavy atom. The second-order valence-electron chi connectivity index (χ2n) is 5.81. The quantitative estimate of drug-likeness (QED) is 0.732. The lowest BCUT2D eigenvalue weighted by Gasteiger charge is -2.12. The molecule has 144 valence electrons. The number of halogens is 1. The van der Waals surface area contributed by atoms with Crippen molar-refractivity contribution in [2.75, 3.05) is 11.9 Å². The van der Waals surface area contributed by atoms with Gasteiger partial charge in [0.05, 0.1) is 11.4 Å². The molecule has 7 heteroatoms. The molecular weight excluding hydrogens is 351 g/mol. The summed E-state index contributed by atoms with van der Waals surface area (Å²) in [5.74, 6) is -0.496. The Kier molecular flexibility index (Phi) is 6.52. The Morgan fingerprint density at radius 3 is 2.52 bits per heavy atom. The van der Waals surface area contributed by atoms with Crippen molar-refractivity contribution in [1.82, 2.24) is 4.57 Å². The Balaban J connectivity index is 0.00000126. The van der Waals surface area contributed by atoms with E-state index in [4.69, 9.17) is 9.52 Å². The number of anilines is 2. The summed E-state index contributed by atoms with van der Waals surface area (Å²) >= 11 is 0. The second kappa shape index (κ2) is 8.64. The van der Waals surface area contributed by atoms with Gasteiger partial charge in [-0.1, -0.05) is 19.9 Å². The fourth-order valence-electron chi connectivity index (χ4n) is 2.63. The summed E-state index contributed by atoms with van der Waals surface area (Å²) in [6.07, 6.45) is 1.36. The zero-order valence-corrected chi connectivity index (χ0v) is 15.8. The number of aryl methyl sites for hydroxylation is 2. The number of hydrogen-bond donors (Lipinski definition) is 2. The van der Waals surface area contributed by atoms with Gasteiger partial charge in [0.1, 0.15) is 17.5 Å². The van der Waals surface area contributed by atoms with E-state index in [0.717, 1.165) is 5.56 Å². The molecule has 0 amide bonds. The third-order valence-corrected chi connectivity index (χ3v) is 3.99. The summed E-state index contributed by atoms with van der Waals surface area (Å²) in [6.45, 7) is 5.55. The van der Waals surface area contributed by atoms with E-state index < -0.39 is 11.4 Å². The maximum atomic E-state index is 14.1. The molecule has 0 spiro atoms. The molecule has 0 radical (unpaired) electrons. The molecule has 2 aromatic heterocycles. The van der Waals surface area contributed by atoms with E-state index in [1.54, 1.807) is 13.0 Å². The topological polar surface area (TPSA) is 84.5 Å². The van der Waals surface area contributed by atoms with Gasteiger partial charge in [0, 0.05) is 31.7 Å². The lowest BCUT2D eigenvalue weighted by atomic mass is 10.1. The first-order valence-electron chi connectivity index (χ1n) is 8.71. The lowest BCUT2D eigenvalue weighted by Crippen LogP contribution is -2.21. The van der Waals surface area contributed by atoms with Crippen molar-refractivity contribution in [3.05, 3.63) is 68.0 Å². The Hall–Kier alpha value is -2.93. The van der Waals surface area contributed by atoms with Gasteiger partial charge < -0.3 is 14.8 Å². The second-order valence-corrected chi connectivity index (χ2v) is 5.81. The number of pyridine rings is 1. The molecule has 0 fully saturated rings. The van der Waals surface area contributed by atoms with Crippen LogP contribution in [-0.4, -0.2) is 16.3 Å². The highest BCUT2D eigenvalue weighted by atomic mass is 19.1. The Morgan fingerprint density at radius 2 is 1.89 bits per heavy atom. The summed E-state index contributed by atoms with van der Waals surface area (Å²) in [6, 6.07) is 5.83. The molecule has 0 atom stereocenters. The van der Waals surface area contributed by atoms with Crippen LogP contribution in [0.15, 0.2) is 44.5 Å². The Bertz CT molecular complexity index is 1070. The number of aliphatic hydroxyl groups is 1. The molecule has 1 aromatic carbocycles. The van der Waals surface area contributed by atoms with E-state index >= 15 is 0 Å². The van der Waals surface area contributed by atoms with E-state index in [2.05, 4.69) is 5.32 Å². The van der Waals surface area contributed by atoms with E-state index in [1.807, 2.05) is 13.8 Å². The van der Waals surface area contributed by atoms with E-state index in [9.17, 15) is 14.0 Å². The average molecular weight is 374 g/mol. The van der Waals surface area contributed by atoms with Gasteiger partial charge >= 0.3 is 0 Å². The number of fused-ring (bicyclic) bond motifs is 1. The zero-order valence-electron chi connectivity index (χ0n) is 15.8. The molecule has 3 rings (SSSR count). The first-order valence-corrected chi connectivity index (χ1v) is 8.71. The van der Waals surface area contributed by atoms with Crippen LogP contribution >= 0.6 is 0 Å². The summed E-state index contributed by atoms with van der Waals surface area (Å²) in [4.78, 5) is 24.8. The number of benzene rings is 1. The van der Waals surface area contributed by atoms with Crippen LogP contribution < -0.4 is 16.3 Å². The van der Waals surface area contributed by atoms with Crippen LogP contribution in [0.5, 0.6) is 0 Å². The third-order valence-electron chi connectivity index (χ3n) is 3.99. The summed E-state index contributed by atoms with van der Waals surface area (Å²) in [7, 11) is 1.48. The number of aromatic nitrogens is 1. The third kappa shape index (κ3) is 4.09. The molecule has 0 aliphatic rings. The minimum atomic E-state index is -0.496. The maximum Gasteiger partial charge on any atom is 0.255 e. The van der Waals surface area contributed by atoms with E-state index in [1.165, 1.54) is 36.1 Å². The molecule has 6 nitrogen and oxygen atoms in total. The molecule has 0 bridgehead atoms. The van der Waals surface area contributed by atoms with Crippen LogP contribution in [0.25, 0.3) is 11.1 Å². The van der Waals surface area contributed by atoms with Crippen molar-refractivity contribution in [3.63, 3.8) is 0 Å². The Labute approximate surface area is 155 Å². The van der Waals surface area contributed by atoms with Gasteiger partial charge in [-0.2, -0.15) is 0 Å². The number of rotatable bonds is 4. The first kappa shape index (κ1) is 20.4. The van der Waals surface area contributed by atoms with Crippen molar-refractivity contribution >= 4 is 22.5 Å². The number of nitrogens with one attached hydrogen (secondary N) is 1. The van der Waals surface area contributed by atoms with Crippen molar-refractivity contribution in [3.8, 4) is 0 Å². The molecular formula is C20H23FN2O4. The van der Waals surface area contributed by atoms with Crippen molar-refractivity contribution in [1.29, 1.82) is 0 Å². The van der Waals surface area contributed by atoms with Gasteiger partial charge in [0.2, 0.25) is 5.71 Å². The van der Waals surface area contributed by atoms with Crippen molar-refractivity contribution < 1.29 is 13.9 Å². The van der Waals surface area contributed by atoms with Gasteiger partial charge in [0.15, 0.2) is 5.43 Å². The van der Waals surface area contributed by atoms with Gasteiger partial charge in [0.25, 0.3) is 5.56 Å². The molecule has 0 saturated heterocycles. The predicted octanol–water partition coefficient (Wildman–Crippen LogP) is 3.24. The van der Waals surface area contributed by atoms with E-state index in [0.29, 0.717) is 0 Å². The number of nitrogens with zero attached hydrogens (tertiary/aromatic N) is 1. The first-order chi connectivity index (χ1) is 12.9. The molecule has 0 saturated carbocycles.